The van der Waals surface area contributed by atoms with Crippen molar-refractivity contribution in [3.05, 3.63) is 77.9 Å². The number of para-hydroxylation sites is 2. The summed E-state index contributed by atoms with van der Waals surface area (Å²) in [6.45, 7) is 6.75. The SMILES string of the molecule is Cc1ccc2c(oc3ccccc32)c1-c1cc(CC(C)C)c2ccccc2[n+]1C. The van der Waals surface area contributed by atoms with Crippen LogP contribution in [-0.4, -0.2) is 0 Å². The van der Waals surface area contributed by atoms with Crippen LogP contribution in [0.2, 0.25) is 0 Å². The van der Waals surface area contributed by atoms with Crippen molar-refractivity contribution in [2.24, 2.45) is 13.0 Å². The van der Waals surface area contributed by atoms with Gasteiger partial charge >= 0.3 is 0 Å². The van der Waals surface area contributed by atoms with Crippen LogP contribution in [0.15, 0.2) is 71.1 Å². The van der Waals surface area contributed by atoms with Crippen molar-refractivity contribution in [1.29, 1.82) is 0 Å². The van der Waals surface area contributed by atoms with Crippen molar-refractivity contribution in [3.8, 4) is 11.3 Å². The van der Waals surface area contributed by atoms with Crippen molar-refractivity contribution in [1.82, 2.24) is 0 Å². The lowest BCUT2D eigenvalue weighted by Crippen LogP contribution is -2.33. The fourth-order valence-electron chi connectivity index (χ4n) is 4.56. The van der Waals surface area contributed by atoms with Crippen molar-refractivity contribution in [2.45, 2.75) is 27.2 Å². The zero-order chi connectivity index (χ0) is 20.1. The average molecular weight is 381 g/mol. The Morgan fingerprint density at radius 1 is 0.862 bits per heavy atom. The standard InChI is InChI=1S/C27H26NO/c1-17(2)15-19-16-24(28(4)23-11-7-5-9-20(19)23)26-18(3)13-14-22-21-10-6-8-12-25(21)29-27(22)26/h5-14,16-17H,15H2,1-4H3/q+1. The van der Waals surface area contributed by atoms with Gasteiger partial charge in [0.1, 0.15) is 18.2 Å². The van der Waals surface area contributed by atoms with Crippen LogP contribution >= 0.6 is 0 Å². The molecule has 144 valence electrons. The van der Waals surface area contributed by atoms with Gasteiger partial charge in [0.2, 0.25) is 11.2 Å². The summed E-state index contributed by atoms with van der Waals surface area (Å²) in [5.74, 6) is 0.599. The minimum absolute atomic E-state index is 0.599. The molecule has 0 aliphatic heterocycles. The summed E-state index contributed by atoms with van der Waals surface area (Å²) < 4.78 is 8.71. The Morgan fingerprint density at radius 2 is 1.59 bits per heavy atom. The van der Waals surface area contributed by atoms with E-state index in [1.807, 2.05) is 6.07 Å². The Bertz CT molecular complexity index is 1370. The highest BCUT2D eigenvalue weighted by Crippen LogP contribution is 2.37. The van der Waals surface area contributed by atoms with Crippen molar-refractivity contribution >= 4 is 32.8 Å². The molecule has 0 spiro atoms. The molecular weight excluding hydrogens is 354 g/mol. The van der Waals surface area contributed by atoms with Gasteiger partial charge in [-0.2, -0.15) is 4.57 Å². The summed E-state index contributed by atoms with van der Waals surface area (Å²) in [6.07, 6.45) is 1.06. The van der Waals surface area contributed by atoms with Crippen LogP contribution in [0, 0.1) is 12.8 Å². The van der Waals surface area contributed by atoms with Gasteiger partial charge in [0.25, 0.3) is 0 Å². The van der Waals surface area contributed by atoms with Crippen LogP contribution in [0.25, 0.3) is 44.1 Å². The topological polar surface area (TPSA) is 17.0 Å². The van der Waals surface area contributed by atoms with E-state index in [9.17, 15) is 0 Å². The van der Waals surface area contributed by atoms with Gasteiger partial charge in [-0.3, -0.25) is 0 Å². The summed E-state index contributed by atoms with van der Waals surface area (Å²) in [5.41, 5.74) is 8.22. The summed E-state index contributed by atoms with van der Waals surface area (Å²) in [7, 11) is 2.16. The van der Waals surface area contributed by atoms with E-state index in [0.717, 1.165) is 17.6 Å². The number of nitrogens with zero attached hydrogens (tertiary/aromatic N) is 1. The van der Waals surface area contributed by atoms with Gasteiger partial charge in [0, 0.05) is 28.3 Å². The fraction of sp³-hybridized carbons (Fsp3) is 0.222. The lowest BCUT2D eigenvalue weighted by atomic mass is 9.94. The molecule has 2 aromatic heterocycles. The second-order valence-corrected chi connectivity index (χ2v) is 8.46. The monoisotopic (exact) mass is 380 g/mol. The smallest absolute Gasteiger partial charge is 0.217 e. The maximum atomic E-state index is 6.39. The first-order valence-electron chi connectivity index (χ1n) is 10.4. The first-order chi connectivity index (χ1) is 14.0. The van der Waals surface area contributed by atoms with Crippen molar-refractivity contribution in [2.75, 3.05) is 0 Å². The van der Waals surface area contributed by atoms with E-state index >= 15 is 0 Å². The molecule has 0 unspecified atom stereocenters. The minimum Gasteiger partial charge on any atom is -0.455 e. The Hall–Kier alpha value is -3.13. The molecule has 5 aromatic rings. The fourth-order valence-corrected chi connectivity index (χ4v) is 4.56. The minimum atomic E-state index is 0.599. The number of rotatable bonds is 3. The third-order valence-corrected chi connectivity index (χ3v) is 5.92. The number of hydrogen-bond acceptors (Lipinski definition) is 1. The van der Waals surface area contributed by atoms with E-state index in [1.165, 1.54) is 44.1 Å². The largest absolute Gasteiger partial charge is 0.455 e. The molecular formula is C27H26NO+. The summed E-state index contributed by atoms with van der Waals surface area (Å²) in [4.78, 5) is 0. The van der Waals surface area contributed by atoms with Crippen molar-refractivity contribution < 1.29 is 8.98 Å². The maximum Gasteiger partial charge on any atom is 0.217 e. The van der Waals surface area contributed by atoms with Gasteiger partial charge in [-0.25, -0.2) is 0 Å². The van der Waals surface area contributed by atoms with E-state index in [4.69, 9.17) is 4.42 Å². The molecule has 3 aromatic carbocycles. The van der Waals surface area contributed by atoms with Crippen molar-refractivity contribution in [3.63, 3.8) is 0 Å². The maximum absolute atomic E-state index is 6.39. The molecule has 0 bridgehead atoms. The molecule has 0 amide bonds. The van der Waals surface area contributed by atoms with Crippen LogP contribution < -0.4 is 4.57 Å². The molecule has 0 aliphatic rings. The molecule has 5 rings (SSSR count). The Labute approximate surface area is 171 Å². The highest BCUT2D eigenvalue weighted by atomic mass is 16.3. The number of hydrogen-bond donors (Lipinski definition) is 0. The predicted molar refractivity (Wildman–Crippen MR) is 121 cm³/mol. The van der Waals surface area contributed by atoms with Crippen LogP contribution in [-0.2, 0) is 13.5 Å². The second kappa shape index (κ2) is 6.73. The molecule has 0 atom stereocenters. The molecule has 0 N–H and O–H groups in total. The third-order valence-electron chi connectivity index (χ3n) is 5.92. The average Bonchev–Trinajstić information content (AvgIpc) is 3.09. The summed E-state index contributed by atoms with van der Waals surface area (Å²) >= 11 is 0. The van der Waals surface area contributed by atoms with E-state index in [-0.39, 0.29) is 0 Å². The summed E-state index contributed by atoms with van der Waals surface area (Å²) in [5, 5.41) is 3.69. The first-order valence-corrected chi connectivity index (χ1v) is 10.4. The lowest BCUT2D eigenvalue weighted by molar-refractivity contribution is -0.633. The number of benzene rings is 3. The molecule has 0 radical (unpaired) electrons. The van der Waals surface area contributed by atoms with E-state index in [2.05, 4.69) is 93.0 Å². The second-order valence-electron chi connectivity index (χ2n) is 8.46. The van der Waals surface area contributed by atoms with E-state index in [1.54, 1.807) is 0 Å². The van der Waals surface area contributed by atoms with Crippen LogP contribution in [0.1, 0.15) is 25.0 Å². The quantitative estimate of drug-likeness (QED) is 0.317. The van der Waals surface area contributed by atoms with Crippen LogP contribution in [0.4, 0.5) is 0 Å². The van der Waals surface area contributed by atoms with Gasteiger partial charge in [0.05, 0.1) is 5.56 Å². The highest BCUT2D eigenvalue weighted by Gasteiger charge is 2.24. The molecule has 0 saturated carbocycles. The molecule has 2 heteroatoms. The van der Waals surface area contributed by atoms with E-state index < -0.39 is 0 Å². The molecule has 2 heterocycles. The van der Waals surface area contributed by atoms with Gasteiger partial charge in [-0.05, 0) is 42.5 Å². The zero-order valence-corrected chi connectivity index (χ0v) is 17.5. The Balaban J connectivity index is 1.89. The molecule has 0 fully saturated rings. The third kappa shape index (κ3) is 2.82. The Kier molecular flexibility index (Phi) is 4.16. The lowest BCUT2D eigenvalue weighted by Gasteiger charge is -2.12. The van der Waals surface area contributed by atoms with E-state index in [0.29, 0.717) is 5.92 Å². The van der Waals surface area contributed by atoms with Crippen LogP contribution in [0.5, 0.6) is 0 Å². The van der Waals surface area contributed by atoms with Gasteiger partial charge in [-0.1, -0.05) is 56.3 Å². The number of fused-ring (bicyclic) bond motifs is 4. The van der Waals surface area contributed by atoms with Gasteiger partial charge in [-0.15, -0.1) is 0 Å². The predicted octanol–water partition coefficient (Wildman–Crippen LogP) is 6.74. The normalized spacial score (nSPS) is 11.9. The molecule has 2 nitrogen and oxygen atoms in total. The van der Waals surface area contributed by atoms with Gasteiger partial charge < -0.3 is 4.42 Å². The number of aryl methyl sites for hydroxylation is 2. The Morgan fingerprint density at radius 3 is 2.38 bits per heavy atom. The molecule has 0 saturated heterocycles. The highest BCUT2D eigenvalue weighted by molar-refractivity contribution is 6.09. The zero-order valence-electron chi connectivity index (χ0n) is 17.5. The molecule has 29 heavy (non-hydrogen) atoms. The van der Waals surface area contributed by atoms with Crippen LogP contribution in [0.3, 0.4) is 0 Å². The number of aromatic nitrogens is 1. The summed E-state index contributed by atoms with van der Waals surface area (Å²) in [6, 6.07) is 23.8. The number of furan rings is 1. The van der Waals surface area contributed by atoms with Gasteiger partial charge in [0.15, 0.2) is 0 Å². The molecule has 0 aliphatic carbocycles. The first kappa shape index (κ1) is 17.9. The number of pyridine rings is 1.